The van der Waals surface area contributed by atoms with E-state index in [1.54, 1.807) is 5.56 Å². The van der Waals surface area contributed by atoms with Gasteiger partial charge in [0.2, 0.25) is 0 Å². The summed E-state index contributed by atoms with van der Waals surface area (Å²) in [4.78, 5) is 0. The molecule has 1 heterocycles. The van der Waals surface area contributed by atoms with Crippen LogP contribution in [-0.4, -0.2) is 13.1 Å². The van der Waals surface area contributed by atoms with Crippen LogP contribution in [0.4, 0.5) is 0 Å². The predicted octanol–water partition coefficient (Wildman–Crippen LogP) is 2.72. The number of fused-ring (bicyclic) bond motifs is 1. The van der Waals surface area contributed by atoms with Crippen LogP contribution >= 0.6 is 0 Å². The second kappa shape index (κ2) is 3.64. The van der Waals surface area contributed by atoms with E-state index >= 15 is 0 Å². The molecule has 0 radical (unpaired) electrons. The molecule has 1 heteroatoms. The highest BCUT2D eigenvalue weighted by molar-refractivity contribution is 5.29. The smallest absolute Gasteiger partial charge is 0.000537 e. The maximum absolute atomic E-state index is 3.55. The quantitative estimate of drug-likeness (QED) is 0.736. The Kier molecular flexibility index (Phi) is 2.28. The van der Waals surface area contributed by atoms with Gasteiger partial charge < -0.3 is 5.32 Å². The van der Waals surface area contributed by atoms with Crippen LogP contribution in [0.5, 0.6) is 0 Å². The van der Waals surface area contributed by atoms with Crippen molar-refractivity contribution in [3.63, 3.8) is 0 Å². The van der Waals surface area contributed by atoms with Crippen molar-refractivity contribution >= 4 is 0 Å². The lowest BCUT2D eigenvalue weighted by Gasteiger charge is -2.40. The van der Waals surface area contributed by atoms with E-state index in [0.29, 0.717) is 5.41 Å². The molecule has 1 aliphatic heterocycles. The third-order valence-corrected chi connectivity index (χ3v) is 4.44. The maximum Gasteiger partial charge on any atom is 0.000537 e. The Morgan fingerprint density at radius 3 is 2.87 bits per heavy atom. The fraction of sp³-hybridized carbons (Fsp3) is 0.571. The maximum atomic E-state index is 3.55. The topological polar surface area (TPSA) is 12.0 Å². The van der Waals surface area contributed by atoms with Crippen molar-refractivity contribution in [2.75, 3.05) is 13.1 Å². The van der Waals surface area contributed by atoms with Gasteiger partial charge in [0.25, 0.3) is 0 Å². The lowest BCUT2D eigenvalue weighted by molar-refractivity contribution is 0.237. The minimum atomic E-state index is 0.520. The molecular formula is C14H19N. The van der Waals surface area contributed by atoms with Crippen LogP contribution in [-0.2, 0) is 5.41 Å². The fourth-order valence-corrected chi connectivity index (χ4v) is 3.65. The van der Waals surface area contributed by atoms with Crippen LogP contribution < -0.4 is 5.32 Å². The highest BCUT2D eigenvalue weighted by Crippen LogP contribution is 2.49. The van der Waals surface area contributed by atoms with Crippen LogP contribution in [0.1, 0.15) is 31.2 Å². The van der Waals surface area contributed by atoms with Crippen molar-refractivity contribution in [2.24, 2.45) is 5.92 Å². The summed E-state index contributed by atoms with van der Waals surface area (Å²) in [6, 6.07) is 11.2. The molecule has 0 spiro atoms. The van der Waals surface area contributed by atoms with Gasteiger partial charge in [-0.15, -0.1) is 0 Å². The third-order valence-electron chi connectivity index (χ3n) is 4.44. The van der Waals surface area contributed by atoms with Crippen LogP contribution in [0.2, 0.25) is 0 Å². The first-order valence-corrected chi connectivity index (χ1v) is 6.18. The molecule has 1 aliphatic carbocycles. The first-order chi connectivity index (χ1) is 7.42. The summed E-state index contributed by atoms with van der Waals surface area (Å²) in [6.45, 7) is 2.43. The van der Waals surface area contributed by atoms with Crippen molar-refractivity contribution in [3.8, 4) is 0 Å². The standard InChI is InChI=1S/C14H19N/c1-2-5-12(6-3-1)14-8-4-7-13(14)11-15-10-9-14/h1-3,5-6,13,15H,4,7-11H2. The largest absolute Gasteiger partial charge is 0.316 e. The molecule has 1 N–H and O–H groups in total. The average molecular weight is 201 g/mol. The SMILES string of the molecule is c1ccc(C23CCCC2CNCC3)cc1. The monoisotopic (exact) mass is 201 g/mol. The first-order valence-electron chi connectivity index (χ1n) is 6.18. The summed E-state index contributed by atoms with van der Waals surface area (Å²) in [5.41, 5.74) is 2.11. The molecule has 1 aromatic carbocycles. The number of nitrogens with one attached hydrogen (secondary N) is 1. The molecule has 0 amide bonds. The van der Waals surface area contributed by atoms with Gasteiger partial charge in [-0.3, -0.25) is 0 Å². The van der Waals surface area contributed by atoms with Crippen LogP contribution in [0, 0.1) is 5.92 Å². The van der Waals surface area contributed by atoms with Gasteiger partial charge >= 0.3 is 0 Å². The normalized spacial score (nSPS) is 35.1. The molecule has 3 rings (SSSR count). The molecule has 0 bridgehead atoms. The molecule has 15 heavy (non-hydrogen) atoms. The minimum absolute atomic E-state index is 0.520. The predicted molar refractivity (Wildman–Crippen MR) is 62.9 cm³/mol. The van der Waals surface area contributed by atoms with E-state index in [1.165, 1.54) is 38.8 Å². The molecule has 1 aromatic rings. The van der Waals surface area contributed by atoms with E-state index in [2.05, 4.69) is 35.6 Å². The van der Waals surface area contributed by atoms with E-state index in [-0.39, 0.29) is 0 Å². The third kappa shape index (κ3) is 1.41. The van der Waals surface area contributed by atoms with Gasteiger partial charge in [0.1, 0.15) is 0 Å². The molecule has 1 saturated carbocycles. The van der Waals surface area contributed by atoms with Crippen LogP contribution in [0.15, 0.2) is 30.3 Å². The average Bonchev–Trinajstić information content (AvgIpc) is 2.75. The lowest BCUT2D eigenvalue weighted by atomic mass is 9.68. The van der Waals surface area contributed by atoms with E-state index < -0.39 is 0 Å². The Hall–Kier alpha value is -0.820. The van der Waals surface area contributed by atoms with E-state index in [0.717, 1.165) is 5.92 Å². The molecular weight excluding hydrogens is 182 g/mol. The summed E-state index contributed by atoms with van der Waals surface area (Å²) >= 11 is 0. The number of hydrogen-bond donors (Lipinski definition) is 1. The summed E-state index contributed by atoms with van der Waals surface area (Å²) in [5.74, 6) is 0.883. The first kappa shape index (κ1) is 9.41. The summed E-state index contributed by atoms with van der Waals surface area (Å²) in [7, 11) is 0. The number of benzene rings is 1. The zero-order chi connectivity index (χ0) is 10.1. The second-order valence-corrected chi connectivity index (χ2v) is 5.07. The van der Waals surface area contributed by atoms with Crippen LogP contribution in [0.3, 0.4) is 0 Å². The number of hydrogen-bond acceptors (Lipinski definition) is 1. The minimum Gasteiger partial charge on any atom is -0.316 e. The zero-order valence-electron chi connectivity index (χ0n) is 9.21. The second-order valence-electron chi connectivity index (χ2n) is 5.07. The fourth-order valence-electron chi connectivity index (χ4n) is 3.65. The van der Waals surface area contributed by atoms with Gasteiger partial charge in [-0.25, -0.2) is 0 Å². The highest BCUT2D eigenvalue weighted by atomic mass is 14.9. The van der Waals surface area contributed by atoms with Gasteiger partial charge in [0.05, 0.1) is 0 Å². The summed E-state index contributed by atoms with van der Waals surface area (Å²) < 4.78 is 0. The molecule has 2 atom stereocenters. The van der Waals surface area contributed by atoms with Crippen molar-refractivity contribution in [2.45, 2.75) is 31.1 Å². The summed E-state index contributed by atoms with van der Waals surface area (Å²) in [6.07, 6.45) is 5.58. The van der Waals surface area contributed by atoms with Gasteiger partial charge in [-0.05, 0) is 43.8 Å². The molecule has 80 valence electrons. The van der Waals surface area contributed by atoms with E-state index in [9.17, 15) is 0 Å². The molecule has 0 aromatic heterocycles. The molecule has 1 saturated heterocycles. The number of rotatable bonds is 1. The Morgan fingerprint density at radius 1 is 1.13 bits per heavy atom. The Balaban J connectivity index is 2.00. The lowest BCUT2D eigenvalue weighted by Crippen LogP contribution is -2.44. The van der Waals surface area contributed by atoms with Crippen molar-refractivity contribution in [1.82, 2.24) is 5.32 Å². The van der Waals surface area contributed by atoms with Crippen molar-refractivity contribution < 1.29 is 0 Å². The van der Waals surface area contributed by atoms with E-state index in [1.807, 2.05) is 0 Å². The Labute approximate surface area is 91.9 Å². The molecule has 2 unspecified atom stereocenters. The molecule has 2 aliphatic rings. The van der Waals surface area contributed by atoms with Gasteiger partial charge in [-0.1, -0.05) is 36.8 Å². The Morgan fingerprint density at radius 2 is 2.00 bits per heavy atom. The molecule has 2 fully saturated rings. The van der Waals surface area contributed by atoms with Crippen LogP contribution in [0.25, 0.3) is 0 Å². The molecule has 1 nitrogen and oxygen atoms in total. The van der Waals surface area contributed by atoms with Crippen molar-refractivity contribution in [1.29, 1.82) is 0 Å². The van der Waals surface area contributed by atoms with Crippen molar-refractivity contribution in [3.05, 3.63) is 35.9 Å². The van der Waals surface area contributed by atoms with Gasteiger partial charge in [0, 0.05) is 5.41 Å². The number of piperidine rings is 1. The summed E-state index contributed by atoms with van der Waals surface area (Å²) in [5, 5.41) is 3.55. The Bertz CT molecular complexity index is 332. The van der Waals surface area contributed by atoms with Gasteiger partial charge in [-0.2, -0.15) is 0 Å². The van der Waals surface area contributed by atoms with Gasteiger partial charge in [0.15, 0.2) is 0 Å². The zero-order valence-corrected chi connectivity index (χ0v) is 9.21. The van der Waals surface area contributed by atoms with E-state index in [4.69, 9.17) is 0 Å². The highest BCUT2D eigenvalue weighted by Gasteiger charge is 2.44.